The smallest absolute Gasteiger partial charge is 0.252 e. The molecule has 0 spiro atoms. The maximum atomic E-state index is 12.4. The Bertz CT molecular complexity index is 473. The van der Waals surface area contributed by atoms with Crippen molar-refractivity contribution in [1.29, 1.82) is 0 Å². The molecule has 5 heteroatoms. The number of carbonyl (C=O) groups is 1. The van der Waals surface area contributed by atoms with Crippen LogP contribution in [0.3, 0.4) is 0 Å². The third-order valence-corrected chi connectivity index (χ3v) is 5.31. The van der Waals surface area contributed by atoms with Gasteiger partial charge in [-0.15, -0.1) is 11.6 Å². The van der Waals surface area contributed by atoms with Gasteiger partial charge in [0.25, 0.3) is 5.91 Å². The maximum Gasteiger partial charge on any atom is 0.252 e. The van der Waals surface area contributed by atoms with E-state index in [2.05, 4.69) is 27.9 Å². The zero-order valence-electron chi connectivity index (χ0n) is 10.5. The first-order chi connectivity index (χ1) is 9.06. The molecule has 104 valence electrons. The van der Waals surface area contributed by atoms with Crippen molar-refractivity contribution in [2.45, 2.75) is 37.6 Å². The number of amides is 1. The van der Waals surface area contributed by atoms with Gasteiger partial charge in [-0.1, -0.05) is 30.9 Å². The molecule has 1 saturated carbocycles. The van der Waals surface area contributed by atoms with Crippen LogP contribution in [0.1, 0.15) is 42.5 Å². The van der Waals surface area contributed by atoms with E-state index in [1.165, 1.54) is 6.42 Å². The van der Waals surface area contributed by atoms with Crippen molar-refractivity contribution in [2.75, 3.05) is 5.88 Å². The van der Waals surface area contributed by atoms with Gasteiger partial charge in [-0.2, -0.15) is 0 Å². The molecule has 1 aliphatic rings. The second-order valence-corrected chi connectivity index (χ2v) is 6.92. The molecule has 1 aromatic carbocycles. The van der Waals surface area contributed by atoms with Crippen LogP contribution in [0.5, 0.6) is 0 Å². The zero-order valence-corrected chi connectivity index (χ0v) is 14.2. The molecule has 0 aromatic heterocycles. The summed E-state index contributed by atoms with van der Waals surface area (Å²) in [7, 11) is 0. The summed E-state index contributed by atoms with van der Waals surface area (Å²) in [5, 5.41) is 3.71. The standard InChI is InChI=1S/C14H16Cl2INO/c15-9-14(6-2-1-3-7-14)18-13(19)11-8-10(16)4-5-12(11)17/h4-5,8H,1-3,6-7,9H2,(H,18,19). The zero-order chi connectivity index (χ0) is 13.9. The highest BCUT2D eigenvalue weighted by Gasteiger charge is 2.33. The number of benzene rings is 1. The van der Waals surface area contributed by atoms with Gasteiger partial charge in [0.05, 0.1) is 11.1 Å². The van der Waals surface area contributed by atoms with Crippen molar-refractivity contribution >= 4 is 51.7 Å². The van der Waals surface area contributed by atoms with Crippen molar-refractivity contribution in [3.63, 3.8) is 0 Å². The van der Waals surface area contributed by atoms with Gasteiger partial charge in [0.2, 0.25) is 0 Å². The van der Waals surface area contributed by atoms with Crippen LogP contribution in [0.4, 0.5) is 0 Å². The van der Waals surface area contributed by atoms with E-state index in [1.807, 2.05) is 6.07 Å². The van der Waals surface area contributed by atoms with Gasteiger partial charge in [-0.3, -0.25) is 4.79 Å². The van der Waals surface area contributed by atoms with Crippen LogP contribution in [0.15, 0.2) is 18.2 Å². The lowest BCUT2D eigenvalue weighted by Gasteiger charge is -2.36. The van der Waals surface area contributed by atoms with Gasteiger partial charge >= 0.3 is 0 Å². The predicted octanol–water partition coefficient (Wildman–Crippen LogP) is 4.62. The Morgan fingerprint density at radius 2 is 2.00 bits per heavy atom. The predicted molar refractivity (Wildman–Crippen MR) is 88.2 cm³/mol. The largest absolute Gasteiger partial charge is 0.345 e. The van der Waals surface area contributed by atoms with E-state index >= 15 is 0 Å². The van der Waals surface area contributed by atoms with Crippen molar-refractivity contribution in [3.05, 3.63) is 32.4 Å². The number of hydrogen-bond acceptors (Lipinski definition) is 1. The second-order valence-electron chi connectivity index (χ2n) is 5.05. The van der Waals surface area contributed by atoms with Crippen LogP contribution >= 0.6 is 45.8 Å². The molecule has 2 nitrogen and oxygen atoms in total. The van der Waals surface area contributed by atoms with Crippen molar-refractivity contribution < 1.29 is 4.79 Å². The quantitative estimate of drug-likeness (QED) is 0.570. The van der Waals surface area contributed by atoms with Crippen LogP contribution in [0.2, 0.25) is 5.02 Å². The summed E-state index contributed by atoms with van der Waals surface area (Å²) in [6.45, 7) is 0. The first-order valence-corrected chi connectivity index (χ1v) is 8.39. The van der Waals surface area contributed by atoms with Crippen molar-refractivity contribution in [1.82, 2.24) is 5.32 Å². The normalized spacial score (nSPS) is 18.1. The Hall–Kier alpha value is -0.000000000000000111. The topological polar surface area (TPSA) is 29.1 Å². The number of carbonyl (C=O) groups excluding carboxylic acids is 1. The Balaban J connectivity index is 2.17. The summed E-state index contributed by atoms with van der Waals surface area (Å²) in [6, 6.07) is 5.35. The summed E-state index contributed by atoms with van der Waals surface area (Å²) >= 11 is 14.2. The van der Waals surface area contributed by atoms with E-state index in [1.54, 1.807) is 12.1 Å². The van der Waals surface area contributed by atoms with Gasteiger partial charge in [-0.05, 0) is 53.6 Å². The van der Waals surface area contributed by atoms with Crippen LogP contribution < -0.4 is 5.32 Å². The number of alkyl halides is 1. The van der Waals surface area contributed by atoms with E-state index in [-0.39, 0.29) is 11.4 Å². The fourth-order valence-electron chi connectivity index (χ4n) is 2.50. The van der Waals surface area contributed by atoms with Crippen LogP contribution in [0, 0.1) is 3.57 Å². The summed E-state index contributed by atoms with van der Waals surface area (Å²) in [5.41, 5.74) is 0.380. The Morgan fingerprint density at radius 1 is 1.32 bits per heavy atom. The number of hydrogen-bond donors (Lipinski definition) is 1. The Kier molecular flexibility index (Phi) is 5.37. The first-order valence-electron chi connectivity index (χ1n) is 6.40. The molecule has 1 aromatic rings. The molecule has 2 rings (SSSR count). The molecule has 1 N–H and O–H groups in total. The molecule has 0 heterocycles. The third-order valence-electron chi connectivity index (χ3n) is 3.62. The molecule has 0 unspecified atom stereocenters. The highest BCUT2D eigenvalue weighted by molar-refractivity contribution is 14.1. The first kappa shape index (κ1) is 15.4. The van der Waals surface area contributed by atoms with E-state index < -0.39 is 0 Å². The molecular weight excluding hydrogens is 396 g/mol. The van der Waals surface area contributed by atoms with Crippen molar-refractivity contribution in [3.8, 4) is 0 Å². The molecule has 0 atom stereocenters. The Morgan fingerprint density at radius 3 is 2.63 bits per heavy atom. The van der Waals surface area contributed by atoms with E-state index in [9.17, 15) is 4.79 Å². The SMILES string of the molecule is O=C(NC1(CCl)CCCCC1)c1cc(Cl)ccc1I. The minimum absolute atomic E-state index is 0.0746. The highest BCUT2D eigenvalue weighted by atomic mass is 127. The lowest BCUT2D eigenvalue weighted by molar-refractivity contribution is 0.0884. The summed E-state index contributed by atoms with van der Waals surface area (Å²) in [6.07, 6.45) is 5.39. The van der Waals surface area contributed by atoms with Crippen molar-refractivity contribution in [2.24, 2.45) is 0 Å². The van der Waals surface area contributed by atoms with E-state index in [4.69, 9.17) is 23.2 Å². The molecule has 1 aliphatic carbocycles. The number of nitrogens with one attached hydrogen (secondary N) is 1. The average Bonchev–Trinajstić information content (AvgIpc) is 2.42. The lowest BCUT2D eigenvalue weighted by Crippen LogP contribution is -2.51. The molecule has 1 fully saturated rings. The highest BCUT2D eigenvalue weighted by Crippen LogP contribution is 2.30. The third kappa shape index (κ3) is 3.76. The van der Waals surface area contributed by atoms with Gasteiger partial charge < -0.3 is 5.32 Å². The number of halogens is 3. The molecule has 0 radical (unpaired) electrons. The summed E-state index contributed by atoms with van der Waals surface area (Å²) in [5.74, 6) is 0.394. The van der Waals surface area contributed by atoms with Gasteiger partial charge in [0, 0.05) is 14.5 Å². The number of rotatable bonds is 3. The van der Waals surface area contributed by atoms with Crippen LogP contribution in [-0.4, -0.2) is 17.3 Å². The molecule has 0 bridgehead atoms. The summed E-state index contributed by atoms with van der Waals surface area (Å²) < 4.78 is 0.903. The molecular formula is C14H16Cl2INO. The minimum atomic E-state index is -0.248. The molecule has 0 aliphatic heterocycles. The average molecular weight is 412 g/mol. The lowest BCUT2D eigenvalue weighted by atomic mass is 9.83. The minimum Gasteiger partial charge on any atom is -0.345 e. The van der Waals surface area contributed by atoms with Gasteiger partial charge in [-0.25, -0.2) is 0 Å². The van der Waals surface area contributed by atoms with Gasteiger partial charge in [0.1, 0.15) is 0 Å². The van der Waals surface area contributed by atoms with E-state index in [0.717, 1.165) is 29.3 Å². The molecule has 19 heavy (non-hydrogen) atoms. The monoisotopic (exact) mass is 411 g/mol. The van der Waals surface area contributed by atoms with Crippen LogP contribution in [0.25, 0.3) is 0 Å². The maximum absolute atomic E-state index is 12.4. The molecule has 0 saturated heterocycles. The fourth-order valence-corrected chi connectivity index (χ4v) is 3.59. The van der Waals surface area contributed by atoms with Gasteiger partial charge in [0.15, 0.2) is 0 Å². The second kappa shape index (κ2) is 6.64. The van der Waals surface area contributed by atoms with E-state index in [0.29, 0.717) is 16.5 Å². The van der Waals surface area contributed by atoms with Crippen LogP contribution in [-0.2, 0) is 0 Å². The fraction of sp³-hybridized carbons (Fsp3) is 0.500. The summed E-state index contributed by atoms with van der Waals surface area (Å²) in [4.78, 5) is 12.4. The molecule has 1 amide bonds. The Labute approximate surface area is 137 Å².